The van der Waals surface area contributed by atoms with Gasteiger partial charge in [-0.3, -0.25) is 0 Å². The normalized spacial score (nSPS) is 19.3. The number of alkyl halides is 3. The summed E-state index contributed by atoms with van der Waals surface area (Å²) < 4.78 is 37.4. The standard InChI is InChI=1S/C10H9ClF3NO/c11-8-2-1-6(10(12,13)14)3-7(8)9(16)4-15-5-9/h1-3,15-16H,4-5H2. The first kappa shape index (κ1) is 11.7. The molecule has 16 heavy (non-hydrogen) atoms. The number of aliphatic hydroxyl groups is 1. The summed E-state index contributed by atoms with van der Waals surface area (Å²) in [5, 5.41) is 12.9. The van der Waals surface area contributed by atoms with Gasteiger partial charge in [0.25, 0.3) is 0 Å². The highest BCUT2D eigenvalue weighted by atomic mass is 35.5. The highest BCUT2D eigenvalue weighted by Crippen LogP contribution is 2.36. The second-order valence-corrected chi connectivity index (χ2v) is 4.23. The van der Waals surface area contributed by atoms with Crippen LogP contribution in [0.1, 0.15) is 11.1 Å². The molecule has 0 amide bonds. The summed E-state index contributed by atoms with van der Waals surface area (Å²) in [5.41, 5.74) is -1.95. The molecular weight excluding hydrogens is 243 g/mol. The summed E-state index contributed by atoms with van der Waals surface area (Å²) >= 11 is 5.79. The molecule has 0 aliphatic carbocycles. The molecule has 1 aromatic carbocycles. The average molecular weight is 252 g/mol. The van der Waals surface area contributed by atoms with Gasteiger partial charge in [0, 0.05) is 23.7 Å². The lowest BCUT2D eigenvalue weighted by atomic mass is 9.87. The lowest BCUT2D eigenvalue weighted by Crippen LogP contribution is -2.56. The van der Waals surface area contributed by atoms with E-state index >= 15 is 0 Å². The first-order valence-electron chi connectivity index (χ1n) is 4.63. The smallest absolute Gasteiger partial charge is 0.382 e. The van der Waals surface area contributed by atoms with E-state index in [0.717, 1.165) is 18.2 Å². The van der Waals surface area contributed by atoms with Crippen molar-refractivity contribution in [2.45, 2.75) is 11.8 Å². The fraction of sp³-hybridized carbons (Fsp3) is 0.400. The van der Waals surface area contributed by atoms with Crippen LogP contribution in [0.15, 0.2) is 18.2 Å². The first-order chi connectivity index (χ1) is 7.33. The minimum Gasteiger partial charge on any atom is -0.382 e. The zero-order valence-electron chi connectivity index (χ0n) is 8.11. The van der Waals surface area contributed by atoms with Crippen LogP contribution in [0.2, 0.25) is 5.02 Å². The van der Waals surface area contributed by atoms with Crippen molar-refractivity contribution in [2.24, 2.45) is 0 Å². The average Bonchev–Trinajstić information content (AvgIpc) is 2.13. The van der Waals surface area contributed by atoms with Crippen LogP contribution in [0.4, 0.5) is 13.2 Å². The third kappa shape index (κ3) is 1.90. The van der Waals surface area contributed by atoms with Crippen molar-refractivity contribution in [3.63, 3.8) is 0 Å². The highest BCUT2D eigenvalue weighted by Gasteiger charge is 2.40. The van der Waals surface area contributed by atoms with E-state index in [0.29, 0.717) is 0 Å². The van der Waals surface area contributed by atoms with E-state index in [1.807, 2.05) is 0 Å². The number of nitrogens with one attached hydrogen (secondary N) is 1. The molecule has 2 nitrogen and oxygen atoms in total. The molecule has 0 saturated carbocycles. The van der Waals surface area contributed by atoms with Crippen LogP contribution in [-0.4, -0.2) is 18.2 Å². The maximum absolute atomic E-state index is 12.5. The third-order valence-electron chi connectivity index (χ3n) is 2.63. The molecule has 6 heteroatoms. The number of benzene rings is 1. The number of halogens is 4. The van der Waals surface area contributed by atoms with Gasteiger partial charge in [-0.15, -0.1) is 0 Å². The van der Waals surface area contributed by atoms with Gasteiger partial charge in [0.1, 0.15) is 5.60 Å². The predicted molar refractivity (Wildman–Crippen MR) is 53.2 cm³/mol. The second kappa shape index (κ2) is 3.61. The minimum atomic E-state index is -4.42. The van der Waals surface area contributed by atoms with Crippen molar-refractivity contribution in [3.8, 4) is 0 Å². The quantitative estimate of drug-likeness (QED) is 0.802. The van der Waals surface area contributed by atoms with Crippen LogP contribution in [0.3, 0.4) is 0 Å². The summed E-state index contributed by atoms with van der Waals surface area (Å²) in [4.78, 5) is 0. The number of hydrogen-bond donors (Lipinski definition) is 2. The van der Waals surface area contributed by atoms with Gasteiger partial charge >= 0.3 is 6.18 Å². The second-order valence-electron chi connectivity index (χ2n) is 3.83. The molecule has 0 aromatic heterocycles. The van der Waals surface area contributed by atoms with E-state index in [1.165, 1.54) is 0 Å². The Bertz CT molecular complexity index is 415. The van der Waals surface area contributed by atoms with Gasteiger partial charge in [0.15, 0.2) is 0 Å². The van der Waals surface area contributed by atoms with Gasteiger partial charge in [-0.05, 0) is 18.2 Å². The van der Waals surface area contributed by atoms with E-state index in [1.54, 1.807) is 0 Å². The Balaban J connectivity index is 2.45. The molecule has 1 heterocycles. The monoisotopic (exact) mass is 251 g/mol. The Kier molecular flexibility index (Phi) is 2.64. The Morgan fingerprint density at radius 1 is 1.31 bits per heavy atom. The highest BCUT2D eigenvalue weighted by molar-refractivity contribution is 6.31. The first-order valence-corrected chi connectivity index (χ1v) is 5.01. The van der Waals surface area contributed by atoms with Gasteiger partial charge in [-0.25, -0.2) is 0 Å². The number of β-amino-alcohol motifs (C(OH)–C–C–N with tert-alkyl or cyclic N) is 1. The molecule has 1 saturated heterocycles. The molecule has 0 spiro atoms. The summed E-state index contributed by atoms with van der Waals surface area (Å²) in [7, 11) is 0. The van der Waals surface area contributed by atoms with Crippen LogP contribution in [0.5, 0.6) is 0 Å². The van der Waals surface area contributed by atoms with Gasteiger partial charge in [0.2, 0.25) is 0 Å². The number of rotatable bonds is 1. The van der Waals surface area contributed by atoms with Crippen molar-refractivity contribution in [1.82, 2.24) is 5.32 Å². The van der Waals surface area contributed by atoms with E-state index in [9.17, 15) is 18.3 Å². The van der Waals surface area contributed by atoms with E-state index in [2.05, 4.69) is 5.32 Å². The zero-order chi connectivity index (χ0) is 12.0. The molecule has 0 atom stereocenters. The Labute approximate surface area is 95.0 Å². The van der Waals surface area contributed by atoms with Crippen molar-refractivity contribution >= 4 is 11.6 Å². The largest absolute Gasteiger partial charge is 0.416 e. The lowest BCUT2D eigenvalue weighted by molar-refractivity contribution is -0.137. The summed E-state index contributed by atoms with van der Waals surface area (Å²) in [6, 6.07) is 2.97. The molecule has 0 unspecified atom stereocenters. The molecule has 1 aliphatic rings. The van der Waals surface area contributed by atoms with Gasteiger partial charge in [0.05, 0.1) is 5.56 Å². The van der Waals surface area contributed by atoms with Crippen molar-refractivity contribution < 1.29 is 18.3 Å². The van der Waals surface area contributed by atoms with E-state index < -0.39 is 17.3 Å². The molecule has 2 rings (SSSR count). The topological polar surface area (TPSA) is 32.3 Å². The molecule has 0 radical (unpaired) electrons. The molecule has 2 N–H and O–H groups in total. The van der Waals surface area contributed by atoms with Gasteiger partial charge < -0.3 is 10.4 Å². The van der Waals surface area contributed by atoms with Crippen molar-refractivity contribution in [3.05, 3.63) is 34.3 Å². The molecule has 1 aromatic rings. The third-order valence-corrected chi connectivity index (χ3v) is 2.96. The molecule has 88 valence electrons. The Morgan fingerprint density at radius 3 is 2.38 bits per heavy atom. The molecule has 1 aliphatic heterocycles. The maximum Gasteiger partial charge on any atom is 0.416 e. The van der Waals surface area contributed by atoms with Crippen molar-refractivity contribution in [2.75, 3.05) is 13.1 Å². The Hall–Kier alpha value is -0.780. The molecular formula is C10H9ClF3NO. The predicted octanol–water partition coefficient (Wildman–Crippen LogP) is 2.15. The fourth-order valence-corrected chi connectivity index (χ4v) is 1.90. The van der Waals surface area contributed by atoms with Gasteiger partial charge in [-0.1, -0.05) is 11.6 Å². The van der Waals surface area contributed by atoms with Crippen LogP contribution in [-0.2, 0) is 11.8 Å². The Morgan fingerprint density at radius 2 is 1.94 bits per heavy atom. The summed E-state index contributed by atoms with van der Waals surface area (Å²) in [6.45, 7) is 0.433. The zero-order valence-corrected chi connectivity index (χ0v) is 8.86. The van der Waals surface area contributed by atoms with Crippen LogP contribution in [0.25, 0.3) is 0 Å². The minimum absolute atomic E-state index is 0.128. The number of hydrogen-bond acceptors (Lipinski definition) is 2. The molecule has 1 fully saturated rings. The van der Waals surface area contributed by atoms with Crippen LogP contribution in [0, 0.1) is 0 Å². The van der Waals surface area contributed by atoms with Crippen LogP contribution < -0.4 is 5.32 Å². The maximum atomic E-state index is 12.5. The summed E-state index contributed by atoms with van der Waals surface area (Å²) in [5.74, 6) is 0. The SMILES string of the molecule is OC1(c2cc(C(F)(F)F)ccc2Cl)CNC1. The van der Waals surface area contributed by atoms with Crippen LogP contribution >= 0.6 is 11.6 Å². The van der Waals surface area contributed by atoms with E-state index in [4.69, 9.17) is 11.6 Å². The van der Waals surface area contributed by atoms with Gasteiger partial charge in [-0.2, -0.15) is 13.2 Å². The van der Waals surface area contributed by atoms with E-state index in [-0.39, 0.29) is 23.7 Å². The fourth-order valence-electron chi connectivity index (χ4n) is 1.61. The van der Waals surface area contributed by atoms with Crippen molar-refractivity contribution in [1.29, 1.82) is 0 Å². The summed E-state index contributed by atoms with van der Waals surface area (Å²) in [6.07, 6.45) is -4.42. The lowest BCUT2D eigenvalue weighted by Gasteiger charge is -2.38. The molecule has 0 bridgehead atoms.